The number of ether oxygens (including phenoxy) is 1. The smallest absolute Gasteiger partial charge is 0.326 e. The van der Waals surface area contributed by atoms with E-state index >= 15 is 0 Å². The highest BCUT2D eigenvalue weighted by Gasteiger charge is 2.34. The van der Waals surface area contributed by atoms with Crippen molar-refractivity contribution in [3.63, 3.8) is 0 Å². The summed E-state index contributed by atoms with van der Waals surface area (Å²) >= 11 is 0. The Morgan fingerprint density at radius 3 is 2.71 bits per heavy atom. The van der Waals surface area contributed by atoms with Crippen LogP contribution in [0.3, 0.4) is 0 Å². The van der Waals surface area contributed by atoms with Crippen LogP contribution in [0.2, 0.25) is 0 Å². The van der Waals surface area contributed by atoms with Gasteiger partial charge >= 0.3 is 5.97 Å². The van der Waals surface area contributed by atoms with E-state index in [1.807, 2.05) is 13.8 Å². The first kappa shape index (κ1) is 14.0. The fourth-order valence-corrected chi connectivity index (χ4v) is 2.18. The molecule has 0 radical (unpaired) electrons. The summed E-state index contributed by atoms with van der Waals surface area (Å²) < 4.78 is 5.43. The molecule has 0 saturated carbocycles. The first-order chi connectivity index (χ1) is 8.10. The summed E-state index contributed by atoms with van der Waals surface area (Å²) in [5.74, 6) is -1.35. The van der Waals surface area contributed by atoms with Gasteiger partial charge in [-0.3, -0.25) is 4.79 Å². The number of amides is 1. The summed E-state index contributed by atoms with van der Waals surface area (Å²) in [4.78, 5) is 22.9. The zero-order valence-electron chi connectivity index (χ0n) is 10.4. The third-order valence-corrected chi connectivity index (χ3v) is 3.14. The van der Waals surface area contributed by atoms with Crippen molar-refractivity contribution in [2.45, 2.75) is 51.7 Å². The lowest BCUT2D eigenvalue weighted by atomic mass is 9.98. The summed E-state index contributed by atoms with van der Waals surface area (Å²) in [6.07, 6.45) is 2.60. The van der Waals surface area contributed by atoms with Gasteiger partial charge in [0.05, 0.1) is 12.0 Å². The highest BCUT2D eigenvalue weighted by molar-refractivity contribution is 5.85. The highest BCUT2D eigenvalue weighted by Crippen LogP contribution is 2.23. The predicted octanol–water partition coefficient (Wildman–Crippen LogP) is 1.17. The maximum atomic E-state index is 11.9. The lowest BCUT2D eigenvalue weighted by molar-refractivity contribution is -0.143. The minimum absolute atomic E-state index is 0.0638. The van der Waals surface area contributed by atoms with Crippen LogP contribution in [0.4, 0.5) is 0 Å². The van der Waals surface area contributed by atoms with Crippen LogP contribution < -0.4 is 5.32 Å². The van der Waals surface area contributed by atoms with Gasteiger partial charge < -0.3 is 15.2 Å². The van der Waals surface area contributed by atoms with Crippen molar-refractivity contribution < 1.29 is 19.4 Å². The first-order valence-corrected chi connectivity index (χ1v) is 6.24. The summed E-state index contributed by atoms with van der Waals surface area (Å²) in [5, 5.41) is 11.6. The fraction of sp³-hybridized carbons (Fsp3) is 0.833. The predicted molar refractivity (Wildman–Crippen MR) is 62.6 cm³/mol. The molecule has 0 aromatic heterocycles. The molecule has 1 fully saturated rings. The molecule has 1 heterocycles. The Balaban J connectivity index is 2.54. The summed E-state index contributed by atoms with van der Waals surface area (Å²) in [6, 6.07) is -0.773. The maximum Gasteiger partial charge on any atom is 0.326 e. The Labute approximate surface area is 102 Å². The molecule has 3 unspecified atom stereocenters. The van der Waals surface area contributed by atoms with Gasteiger partial charge in [-0.1, -0.05) is 20.3 Å². The Bertz CT molecular complexity index is 280. The van der Waals surface area contributed by atoms with E-state index in [2.05, 4.69) is 5.32 Å². The molecule has 0 spiro atoms. The van der Waals surface area contributed by atoms with Crippen molar-refractivity contribution in [1.29, 1.82) is 0 Å². The number of carboxylic acids is 1. The lowest BCUT2D eigenvalue weighted by Crippen LogP contribution is -2.45. The molecule has 98 valence electrons. The van der Waals surface area contributed by atoms with Gasteiger partial charge in [0.2, 0.25) is 5.91 Å². The molecule has 0 aliphatic carbocycles. The molecule has 0 aromatic carbocycles. The maximum absolute atomic E-state index is 11.9. The quantitative estimate of drug-likeness (QED) is 0.734. The molecule has 5 nitrogen and oxygen atoms in total. The molecule has 1 amide bonds. The van der Waals surface area contributed by atoms with Crippen molar-refractivity contribution in [2.24, 2.45) is 5.92 Å². The topological polar surface area (TPSA) is 75.6 Å². The number of carbonyl (C=O) groups excluding carboxylic acids is 1. The zero-order valence-corrected chi connectivity index (χ0v) is 10.4. The van der Waals surface area contributed by atoms with E-state index in [1.165, 1.54) is 0 Å². The van der Waals surface area contributed by atoms with Crippen molar-refractivity contribution >= 4 is 11.9 Å². The molecule has 0 aromatic rings. The average molecular weight is 243 g/mol. The zero-order chi connectivity index (χ0) is 12.8. The first-order valence-electron chi connectivity index (χ1n) is 6.24. The van der Waals surface area contributed by atoms with Gasteiger partial charge in [0.1, 0.15) is 6.04 Å². The fourth-order valence-electron chi connectivity index (χ4n) is 2.18. The standard InChI is InChI=1S/C12H21NO4/c1-3-5-9(12(15)16)13-11(14)8-6-7-17-10(8)4-2/h8-10H,3-7H2,1-2H3,(H,13,14)(H,15,16). The molecular weight excluding hydrogens is 222 g/mol. The number of rotatable bonds is 6. The normalized spacial score (nSPS) is 25.5. The van der Waals surface area contributed by atoms with Gasteiger partial charge in [-0.25, -0.2) is 4.79 Å². The third-order valence-electron chi connectivity index (χ3n) is 3.14. The summed E-state index contributed by atoms with van der Waals surface area (Å²) in [6.45, 7) is 4.45. The van der Waals surface area contributed by atoms with E-state index in [-0.39, 0.29) is 17.9 Å². The summed E-state index contributed by atoms with van der Waals surface area (Å²) in [7, 11) is 0. The van der Waals surface area contributed by atoms with Crippen LogP contribution >= 0.6 is 0 Å². The number of nitrogens with one attached hydrogen (secondary N) is 1. The Morgan fingerprint density at radius 1 is 1.47 bits per heavy atom. The van der Waals surface area contributed by atoms with Crippen LogP contribution in [0.1, 0.15) is 39.5 Å². The Hall–Kier alpha value is -1.10. The van der Waals surface area contributed by atoms with Gasteiger partial charge in [0.15, 0.2) is 0 Å². The molecular formula is C12H21NO4. The van der Waals surface area contributed by atoms with E-state index in [0.29, 0.717) is 19.4 Å². The molecule has 1 aliphatic rings. The minimum atomic E-state index is -0.966. The van der Waals surface area contributed by atoms with Crippen molar-refractivity contribution in [2.75, 3.05) is 6.61 Å². The van der Waals surface area contributed by atoms with Crippen LogP contribution in [0.5, 0.6) is 0 Å². The molecule has 0 bridgehead atoms. The van der Waals surface area contributed by atoms with Crippen LogP contribution in [0.25, 0.3) is 0 Å². The van der Waals surface area contributed by atoms with Gasteiger partial charge in [0, 0.05) is 6.61 Å². The van der Waals surface area contributed by atoms with Gasteiger partial charge in [-0.05, 0) is 19.3 Å². The van der Waals surface area contributed by atoms with Gasteiger partial charge in [-0.2, -0.15) is 0 Å². The molecule has 1 aliphatic heterocycles. The monoisotopic (exact) mass is 243 g/mol. The molecule has 1 saturated heterocycles. The van der Waals surface area contributed by atoms with Crippen LogP contribution in [-0.4, -0.2) is 35.7 Å². The number of aliphatic carboxylic acids is 1. The van der Waals surface area contributed by atoms with Crippen molar-refractivity contribution in [1.82, 2.24) is 5.32 Å². The van der Waals surface area contributed by atoms with Crippen molar-refractivity contribution in [3.8, 4) is 0 Å². The second-order valence-electron chi connectivity index (χ2n) is 4.40. The van der Waals surface area contributed by atoms with Crippen molar-refractivity contribution in [3.05, 3.63) is 0 Å². The third kappa shape index (κ3) is 3.70. The molecule has 1 rings (SSSR count). The minimum Gasteiger partial charge on any atom is -0.480 e. The second kappa shape index (κ2) is 6.59. The van der Waals surface area contributed by atoms with Crippen LogP contribution in [-0.2, 0) is 14.3 Å². The second-order valence-corrected chi connectivity index (χ2v) is 4.40. The van der Waals surface area contributed by atoms with E-state index in [0.717, 1.165) is 12.8 Å². The lowest BCUT2D eigenvalue weighted by Gasteiger charge is -2.19. The molecule has 2 N–H and O–H groups in total. The largest absolute Gasteiger partial charge is 0.480 e. The summed E-state index contributed by atoms with van der Waals surface area (Å²) in [5.41, 5.74) is 0. The molecule has 3 atom stereocenters. The SMILES string of the molecule is CCCC(NC(=O)C1CCOC1CC)C(=O)O. The van der Waals surface area contributed by atoms with E-state index < -0.39 is 12.0 Å². The van der Waals surface area contributed by atoms with Gasteiger partial charge in [0.25, 0.3) is 0 Å². The van der Waals surface area contributed by atoms with Crippen LogP contribution in [0.15, 0.2) is 0 Å². The number of hydrogen-bond acceptors (Lipinski definition) is 3. The number of hydrogen-bond donors (Lipinski definition) is 2. The van der Waals surface area contributed by atoms with E-state index in [1.54, 1.807) is 0 Å². The highest BCUT2D eigenvalue weighted by atomic mass is 16.5. The molecule has 5 heteroatoms. The van der Waals surface area contributed by atoms with E-state index in [9.17, 15) is 9.59 Å². The number of carbonyl (C=O) groups is 2. The number of carboxylic acid groups (broad SMARTS) is 1. The average Bonchev–Trinajstić information content (AvgIpc) is 2.76. The Morgan fingerprint density at radius 2 is 2.18 bits per heavy atom. The molecule has 17 heavy (non-hydrogen) atoms. The Kier molecular flexibility index (Phi) is 5.41. The van der Waals surface area contributed by atoms with Crippen LogP contribution in [0, 0.1) is 5.92 Å². The van der Waals surface area contributed by atoms with E-state index in [4.69, 9.17) is 9.84 Å². The van der Waals surface area contributed by atoms with Gasteiger partial charge in [-0.15, -0.1) is 0 Å².